The number of anilines is 1. The van der Waals surface area contributed by atoms with Crippen LogP contribution < -0.4 is 25.4 Å². The number of aryl methyl sites for hydroxylation is 2. The third kappa shape index (κ3) is 9.91. The SMILES string of the molecule is C=C1CCC(N2C(=O)c3cccc(OCC(=O)NCCOCCOCCOc4ccc(NC(=O)C[C@@H]5N=C(c6ccc(Cl)cc6)c6c(sc(C)c6C)-n6c(C)nnc65)cc4)c3C2=O)C(=O)N1. The number of hydrogen-bond acceptors (Lipinski definition) is 13. The lowest BCUT2D eigenvalue weighted by molar-refractivity contribution is -0.125. The highest BCUT2D eigenvalue weighted by Gasteiger charge is 2.45. The average molecular weight is 935 g/mol. The fourth-order valence-corrected chi connectivity index (χ4v) is 9.18. The predicted molar refractivity (Wildman–Crippen MR) is 246 cm³/mol. The van der Waals surface area contributed by atoms with Crippen molar-refractivity contribution in [3.63, 3.8) is 0 Å². The number of imide groups is 1. The second kappa shape index (κ2) is 20.2. The number of allylic oxidation sites excluding steroid dienone is 1. The van der Waals surface area contributed by atoms with E-state index in [0.717, 1.165) is 37.2 Å². The Morgan fingerprint density at radius 3 is 2.38 bits per heavy atom. The van der Waals surface area contributed by atoms with E-state index in [1.807, 2.05) is 35.8 Å². The Morgan fingerprint density at radius 1 is 0.879 bits per heavy atom. The van der Waals surface area contributed by atoms with E-state index in [9.17, 15) is 24.0 Å². The summed E-state index contributed by atoms with van der Waals surface area (Å²) in [6.07, 6.45) is 0.759. The first-order valence-electron chi connectivity index (χ1n) is 21.3. The van der Waals surface area contributed by atoms with Gasteiger partial charge in [-0.25, -0.2) is 0 Å². The molecule has 3 N–H and O–H groups in total. The maximum Gasteiger partial charge on any atom is 0.266 e. The molecule has 1 fully saturated rings. The predicted octanol–water partition coefficient (Wildman–Crippen LogP) is 5.82. The maximum absolute atomic E-state index is 13.5. The molecule has 2 atom stereocenters. The van der Waals surface area contributed by atoms with Crippen LogP contribution in [0.1, 0.15) is 79.2 Å². The van der Waals surface area contributed by atoms with Crippen LogP contribution in [0, 0.1) is 20.8 Å². The molecule has 0 saturated carbocycles. The van der Waals surface area contributed by atoms with Gasteiger partial charge in [0.25, 0.3) is 17.7 Å². The van der Waals surface area contributed by atoms with Crippen molar-refractivity contribution in [2.75, 3.05) is 51.5 Å². The zero-order valence-electron chi connectivity index (χ0n) is 36.5. The molecule has 1 unspecified atom stereocenters. The van der Waals surface area contributed by atoms with Crippen molar-refractivity contribution in [3.8, 4) is 16.5 Å². The second-order valence-electron chi connectivity index (χ2n) is 15.7. The minimum atomic E-state index is -0.954. The van der Waals surface area contributed by atoms with Crippen molar-refractivity contribution in [1.82, 2.24) is 30.3 Å². The zero-order chi connectivity index (χ0) is 46.5. The maximum atomic E-state index is 13.5. The number of nitrogens with zero attached hydrogens (tertiary/aromatic N) is 5. The van der Waals surface area contributed by atoms with Crippen LogP contribution in [0.4, 0.5) is 5.69 Å². The lowest BCUT2D eigenvalue weighted by Crippen LogP contribution is -2.51. The van der Waals surface area contributed by atoms with Gasteiger partial charge in [-0.15, -0.1) is 21.5 Å². The number of hydrogen-bond donors (Lipinski definition) is 3. The first-order valence-corrected chi connectivity index (χ1v) is 22.5. The highest BCUT2D eigenvalue weighted by atomic mass is 35.5. The van der Waals surface area contributed by atoms with Crippen LogP contribution in [-0.2, 0) is 23.9 Å². The molecule has 1 saturated heterocycles. The van der Waals surface area contributed by atoms with Crippen LogP contribution in [-0.4, -0.2) is 107 Å². The lowest BCUT2D eigenvalue weighted by atomic mass is 9.99. The summed E-state index contributed by atoms with van der Waals surface area (Å²) in [6.45, 7) is 11.0. The molecule has 0 radical (unpaired) electrons. The van der Waals surface area contributed by atoms with Crippen molar-refractivity contribution < 1.29 is 42.9 Å². The molecule has 17 nitrogen and oxygen atoms in total. The number of aromatic nitrogens is 3. The summed E-state index contributed by atoms with van der Waals surface area (Å²) in [5, 5.41) is 18.7. The number of piperidine rings is 1. The molecule has 8 rings (SSSR count). The number of thiophene rings is 1. The Kier molecular flexibility index (Phi) is 14.0. The third-order valence-electron chi connectivity index (χ3n) is 11.2. The quantitative estimate of drug-likeness (QED) is 0.0705. The van der Waals surface area contributed by atoms with Gasteiger partial charge in [-0.1, -0.05) is 36.4 Å². The van der Waals surface area contributed by atoms with Crippen LogP contribution in [0.3, 0.4) is 0 Å². The normalized spacial score (nSPS) is 16.5. The number of nitrogens with one attached hydrogen (secondary N) is 3. The van der Waals surface area contributed by atoms with Crippen molar-refractivity contribution in [2.24, 2.45) is 4.99 Å². The Labute approximate surface area is 389 Å². The molecule has 0 bridgehead atoms. The van der Waals surface area contributed by atoms with E-state index in [0.29, 0.717) is 53.4 Å². The van der Waals surface area contributed by atoms with Gasteiger partial charge in [0.2, 0.25) is 11.8 Å². The summed E-state index contributed by atoms with van der Waals surface area (Å²) in [7, 11) is 0. The number of amides is 5. The summed E-state index contributed by atoms with van der Waals surface area (Å²) < 4.78 is 24.6. The summed E-state index contributed by atoms with van der Waals surface area (Å²) in [5.41, 5.74) is 5.05. The molecule has 3 aliphatic heterocycles. The highest BCUT2D eigenvalue weighted by molar-refractivity contribution is 7.15. The number of benzene rings is 3. The van der Waals surface area contributed by atoms with Gasteiger partial charge in [-0.3, -0.25) is 38.4 Å². The molecular weight excluding hydrogens is 888 g/mol. The first-order chi connectivity index (χ1) is 31.9. The summed E-state index contributed by atoms with van der Waals surface area (Å²) in [6, 6.07) is 17.6. The Hall–Kier alpha value is -6.73. The molecule has 2 aromatic heterocycles. The molecule has 342 valence electrons. The van der Waals surface area contributed by atoms with E-state index in [1.165, 1.54) is 12.1 Å². The van der Waals surface area contributed by atoms with E-state index in [-0.39, 0.29) is 62.0 Å². The van der Waals surface area contributed by atoms with Crippen molar-refractivity contribution >= 4 is 63.9 Å². The van der Waals surface area contributed by atoms with Crippen LogP contribution in [0.25, 0.3) is 5.00 Å². The number of carbonyl (C=O) groups is 5. The van der Waals surface area contributed by atoms with Gasteiger partial charge >= 0.3 is 0 Å². The van der Waals surface area contributed by atoms with Crippen LogP contribution in [0.15, 0.2) is 84.0 Å². The van der Waals surface area contributed by atoms with Crippen LogP contribution in [0.5, 0.6) is 11.5 Å². The standard InChI is InChI=1S/C47H47ClN8O9S/c1-26-8-17-36(44(59)50-26)56-45(60)34-6-5-7-37(41(34)46(56)61)65-25-39(58)49-18-19-62-20-21-63-22-23-64-33-15-13-32(14-16-33)51-38(57)24-35-43-54-53-29(4)55(43)47-40(27(2)28(3)66-47)42(52-35)30-9-11-31(48)12-10-30/h5-7,9-16,35-36H,1,8,17-25H2,2-4H3,(H,49,58)(H,50,59)(H,51,57)/t35-,36?/m0/s1. The van der Waals surface area contributed by atoms with Crippen molar-refractivity contribution in [3.05, 3.63) is 128 Å². The topological polar surface area (TPSA) is 205 Å². The van der Waals surface area contributed by atoms with E-state index in [1.54, 1.807) is 41.7 Å². The third-order valence-corrected chi connectivity index (χ3v) is 12.7. The first kappa shape index (κ1) is 45.8. The summed E-state index contributed by atoms with van der Waals surface area (Å²) >= 11 is 7.89. The summed E-state index contributed by atoms with van der Waals surface area (Å²) in [4.78, 5) is 72.2. The van der Waals surface area contributed by atoms with E-state index < -0.39 is 42.3 Å². The molecule has 3 aliphatic rings. The van der Waals surface area contributed by atoms with E-state index in [2.05, 4.69) is 46.6 Å². The Bertz CT molecular complexity index is 2730. The van der Waals surface area contributed by atoms with E-state index in [4.69, 9.17) is 35.5 Å². The van der Waals surface area contributed by atoms with Crippen LogP contribution >= 0.6 is 22.9 Å². The molecule has 5 aromatic rings. The van der Waals surface area contributed by atoms with Gasteiger partial charge < -0.3 is 34.9 Å². The number of ether oxygens (including phenoxy) is 4. The smallest absolute Gasteiger partial charge is 0.266 e. The molecule has 0 aliphatic carbocycles. The van der Waals surface area contributed by atoms with Crippen molar-refractivity contribution in [2.45, 2.75) is 52.1 Å². The van der Waals surface area contributed by atoms with E-state index >= 15 is 0 Å². The second-order valence-corrected chi connectivity index (χ2v) is 17.3. The number of fused-ring (bicyclic) bond motifs is 4. The fraction of sp³-hybridized carbons (Fsp3) is 0.319. The molecule has 66 heavy (non-hydrogen) atoms. The van der Waals surface area contributed by atoms with Gasteiger partial charge in [0.1, 0.15) is 41.0 Å². The highest BCUT2D eigenvalue weighted by Crippen LogP contribution is 2.40. The average Bonchev–Trinajstić information content (AvgIpc) is 3.88. The molecule has 3 aromatic carbocycles. The molecule has 5 amide bonds. The number of aliphatic imine (C=N–C) groups is 1. The van der Waals surface area contributed by atoms with Crippen LogP contribution in [0.2, 0.25) is 5.02 Å². The minimum absolute atomic E-state index is 0.0222. The number of rotatable bonds is 18. The Balaban J connectivity index is 0.725. The number of carbonyl (C=O) groups excluding carboxylic acids is 5. The van der Waals surface area contributed by atoms with Gasteiger partial charge in [-0.2, -0.15) is 0 Å². The zero-order valence-corrected chi connectivity index (χ0v) is 38.1. The summed E-state index contributed by atoms with van der Waals surface area (Å²) in [5.74, 6) is -0.386. The van der Waals surface area contributed by atoms with Gasteiger partial charge in [0, 0.05) is 39.0 Å². The fourth-order valence-electron chi connectivity index (χ4n) is 7.84. The Morgan fingerprint density at radius 2 is 1.62 bits per heavy atom. The number of halogens is 1. The monoisotopic (exact) mass is 934 g/mol. The van der Waals surface area contributed by atoms with Gasteiger partial charge in [0.15, 0.2) is 12.4 Å². The largest absolute Gasteiger partial charge is 0.491 e. The van der Waals surface area contributed by atoms with Gasteiger partial charge in [0.05, 0.1) is 49.7 Å². The molecule has 19 heteroatoms. The minimum Gasteiger partial charge on any atom is -0.491 e. The van der Waals surface area contributed by atoms with Gasteiger partial charge in [-0.05, 0) is 87.7 Å². The molecular formula is C47H47ClN8O9S. The molecule has 5 heterocycles. The lowest BCUT2D eigenvalue weighted by Gasteiger charge is -2.29. The molecule has 0 spiro atoms. The van der Waals surface area contributed by atoms with Crippen molar-refractivity contribution in [1.29, 1.82) is 0 Å².